The molecule has 3 N–H and O–H groups in total. The highest BCUT2D eigenvalue weighted by atomic mass is 32.1. The Balaban J connectivity index is 2.15. The van der Waals surface area contributed by atoms with Crippen LogP contribution in [0, 0.1) is 17.8 Å². The highest BCUT2D eigenvalue weighted by Crippen LogP contribution is 2.33. The summed E-state index contributed by atoms with van der Waals surface area (Å²) >= 11 is 1.35. The van der Waals surface area contributed by atoms with Crippen molar-refractivity contribution in [2.24, 2.45) is 16.6 Å². The highest BCUT2D eigenvalue weighted by molar-refractivity contribution is 7.18. The fourth-order valence-corrected chi connectivity index (χ4v) is 3.78. The Bertz CT molecular complexity index is 643. The lowest BCUT2D eigenvalue weighted by Crippen LogP contribution is -2.53. The van der Waals surface area contributed by atoms with E-state index in [0.717, 1.165) is 17.0 Å². The van der Waals surface area contributed by atoms with Gasteiger partial charge in [0.05, 0.1) is 9.88 Å². The molecule has 0 radical (unpaired) electrons. The van der Waals surface area contributed by atoms with Gasteiger partial charge in [0, 0.05) is 24.5 Å². The summed E-state index contributed by atoms with van der Waals surface area (Å²) in [7, 11) is 0. The van der Waals surface area contributed by atoms with Crippen LogP contribution in [0.3, 0.4) is 0 Å². The maximum absolute atomic E-state index is 12.9. The lowest BCUT2D eigenvalue weighted by atomic mass is 9.79. The summed E-state index contributed by atoms with van der Waals surface area (Å²) in [6, 6.07) is 2.00. The zero-order valence-electron chi connectivity index (χ0n) is 15.5. The van der Waals surface area contributed by atoms with Crippen molar-refractivity contribution in [1.29, 1.82) is 0 Å². The van der Waals surface area contributed by atoms with Gasteiger partial charge in [-0.25, -0.2) is 0 Å². The first-order valence-corrected chi connectivity index (χ1v) is 9.20. The molecule has 2 amide bonds. The van der Waals surface area contributed by atoms with Crippen molar-refractivity contribution in [2.45, 2.75) is 54.0 Å². The maximum Gasteiger partial charge on any atom is 0.264 e. The summed E-state index contributed by atoms with van der Waals surface area (Å²) in [5, 5.41) is 3.64. The lowest BCUT2D eigenvalue weighted by molar-refractivity contribution is -0.123. The maximum atomic E-state index is 12.9. The van der Waals surface area contributed by atoms with E-state index >= 15 is 0 Å². The summed E-state index contributed by atoms with van der Waals surface area (Å²) in [6.45, 7) is 13.1. The van der Waals surface area contributed by atoms with Gasteiger partial charge < -0.3 is 16.0 Å². The summed E-state index contributed by atoms with van der Waals surface area (Å²) < 4.78 is 0. The second kappa shape index (κ2) is 6.48. The number of nitrogens with one attached hydrogen (secondary N) is 1. The quantitative estimate of drug-likeness (QED) is 0.859. The first kappa shape index (κ1) is 18.9. The number of amides is 2. The monoisotopic (exact) mass is 351 g/mol. The molecule has 2 rings (SSSR count). The Labute approximate surface area is 148 Å². The molecule has 1 fully saturated rings. The van der Waals surface area contributed by atoms with Crippen molar-refractivity contribution < 1.29 is 9.59 Å². The summed E-state index contributed by atoms with van der Waals surface area (Å²) in [5.74, 6) is -0.0124. The van der Waals surface area contributed by atoms with Crippen molar-refractivity contribution in [2.75, 3.05) is 18.4 Å². The minimum absolute atomic E-state index is 0.0359. The second-order valence-electron chi connectivity index (χ2n) is 8.44. The molecule has 0 aliphatic carbocycles. The van der Waals surface area contributed by atoms with E-state index in [-0.39, 0.29) is 23.3 Å². The largest absolute Gasteiger partial charge is 0.337 e. The number of nitrogens with two attached hydrogens (primary N) is 1. The molecule has 1 atom stereocenters. The van der Waals surface area contributed by atoms with Crippen molar-refractivity contribution >= 4 is 28.2 Å². The van der Waals surface area contributed by atoms with Gasteiger partial charge in [-0.2, -0.15) is 0 Å². The SMILES string of the molecule is Cc1cc(NC(=O)C(C)(C)C)sc1C(=O)N1CCC(N)C(C)(C)C1. The van der Waals surface area contributed by atoms with E-state index in [1.54, 1.807) is 0 Å². The van der Waals surface area contributed by atoms with Gasteiger partial charge in [0.25, 0.3) is 5.91 Å². The van der Waals surface area contributed by atoms with E-state index < -0.39 is 5.41 Å². The van der Waals surface area contributed by atoms with E-state index in [9.17, 15) is 9.59 Å². The molecule has 1 unspecified atom stereocenters. The number of carbonyl (C=O) groups excluding carboxylic acids is 2. The van der Waals surface area contributed by atoms with Crippen LogP contribution in [0.25, 0.3) is 0 Å². The zero-order chi connectivity index (χ0) is 18.3. The summed E-state index contributed by atoms with van der Waals surface area (Å²) in [4.78, 5) is 27.6. The number of piperidine rings is 1. The van der Waals surface area contributed by atoms with Crippen molar-refractivity contribution in [3.05, 3.63) is 16.5 Å². The minimum atomic E-state index is -0.463. The molecule has 2 heterocycles. The molecule has 0 spiro atoms. The molecule has 0 bridgehead atoms. The first-order chi connectivity index (χ1) is 10.9. The summed E-state index contributed by atoms with van der Waals surface area (Å²) in [5.41, 5.74) is 6.52. The Kier molecular flexibility index (Phi) is 5.11. The van der Waals surface area contributed by atoms with E-state index in [0.29, 0.717) is 18.0 Å². The minimum Gasteiger partial charge on any atom is -0.337 e. The Morgan fingerprint density at radius 3 is 2.54 bits per heavy atom. The summed E-state index contributed by atoms with van der Waals surface area (Å²) in [6.07, 6.45) is 0.816. The molecular weight excluding hydrogens is 322 g/mol. The van der Waals surface area contributed by atoms with Gasteiger partial charge in [-0.15, -0.1) is 11.3 Å². The number of rotatable bonds is 2. The number of carbonyl (C=O) groups is 2. The standard InChI is InChI=1S/C18H29N3O2S/c1-11-9-13(20-16(23)17(2,3)4)24-14(11)15(22)21-8-7-12(19)18(5,6)10-21/h9,12H,7-8,10,19H2,1-6H3,(H,20,23). The molecule has 5 nitrogen and oxygen atoms in total. The van der Waals surface area contributed by atoms with Gasteiger partial charge in [-0.05, 0) is 30.4 Å². The van der Waals surface area contributed by atoms with Gasteiger partial charge in [-0.1, -0.05) is 34.6 Å². The Morgan fingerprint density at radius 2 is 2.00 bits per heavy atom. The van der Waals surface area contributed by atoms with Crippen LogP contribution in [-0.2, 0) is 4.79 Å². The fraction of sp³-hybridized carbons (Fsp3) is 0.667. The average Bonchev–Trinajstić information content (AvgIpc) is 2.80. The smallest absolute Gasteiger partial charge is 0.264 e. The topological polar surface area (TPSA) is 75.4 Å². The number of likely N-dealkylation sites (tertiary alicyclic amines) is 1. The highest BCUT2D eigenvalue weighted by Gasteiger charge is 2.36. The van der Waals surface area contributed by atoms with Gasteiger partial charge in [0.1, 0.15) is 0 Å². The second-order valence-corrected chi connectivity index (χ2v) is 9.49. The van der Waals surface area contributed by atoms with Gasteiger partial charge in [-0.3, -0.25) is 9.59 Å². The van der Waals surface area contributed by atoms with Crippen LogP contribution in [0.15, 0.2) is 6.07 Å². The first-order valence-electron chi connectivity index (χ1n) is 8.38. The van der Waals surface area contributed by atoms with Gasteiger partial charge >= 0.3 is 0 Å². The molecule has 0 saturated carbocycles. The molecular formula is C18H29N3O2S. The molecule has 1 saturated heterocycles. The molecule has 1 aliphatic heterocycles. The molecule has 1 aliphatic rings. The fourth-order valence-electron chi connectivity index (χ4n) is 2.75. The van der Waals surface area contributed by atoms with Crippen molar-refractivity contribution in [3.8, 4) is 0 Å². The van der Waals surface area contributed by atoms with E-state index in [4.69, 9.17) is 5.73 Å². The molecule has 0 aromatic carbocycles. The molecule has 134 valence electrons. The molecule has 24 heavy (non-hydrogen) atoms. The van der Waals surface area contributed by atoms with Crippen LogP contribution in [0.4, 0.5) is 5.00 Å². The zero-order valence-corrected chi connectivity index (χ0v) is 16.3. The van der Waals surface area contributed by atoms with E-state index in [1.807, 2.05) is 38.7 Å². The Hall–Kier alpha value is -1.40. The number of aryl methyl sites for hydroxylation is 1. The van der Waals surface area contributed by atoms with Crippen LogP contribution >= 0.6 is 11.3 Å². The number of anilines is 1. The van der Waals surface area contributed by atoms with E-state index in [2.05, 4.69) is 19.2 Å². The van der Waals surface area contributed by atoms with Crippen LogP contribution in [-0.4, -0.2) is 35.8 Å². The third-order valence-electron chi connectivity index (χ3n) is 4.63. The van der Waals surface area contributed by atoms with Crippen LogP contribution in [0.5, 0.6) is 0 Å². The number of hydrogen-bond donors (Lipinski definition) is 2. The third kappa shape index (κ3) is 3.98. The van der Waals surface area contributed by atoms with E-state index in [1.165, 1.54) is 11.3 Å². The number of hydrogen-bond acceptors (Lipinski definition) is 4. The Morgan fingerprint density at radius 1 is 1.38 bits per heavy atom. The van der Waals surface area contributed by atoms with Crippen LogP contribution < -0.4 is 11.1 Å². The van der Waals surface area contributed by atoms with Crippen molar-refractivity contribution in [1.82, 2.24) is 4.90 Å². The average molecular weight is 352 g/mol. The predicted molar refractivity (Wildman–Crippen MR) is 99.4 cm³/mol. The van der Waals surface area contributed by atoms with Gasteiger partial charge in [0.15, 0.2) is 0 Å². The lowest BCUT2D eigenvalue weighted by Gasteiger charge is -2.42. The molecule has 6 heteroatoms. The number of thiophene rings is 1. The van der Waals surface area contributed by atoms with Crippen molar-refractivity contribution in [3.63, 3.8) is 0 Å². The molecule has 1 aromatic rings. The number of nitrogens with zero attached hydrogens (tertiary/aromatic N) is 1. The normalized spacial score (nSPS) is 20.8. The van der Waals surface area contributed by atoms with Crippen LogP contribution in [0.2, 0.25) is 0 Å². The van der Waals surface area contributed by atoms with Gasteiger partial charge in [0.2, 0.25) is 5.91 Å². The molecule has 1 aromatic heterocycles. The predicted octanol–water partition coefficient (Wildman–Crippen LogP) is 3.24. The van der Waals surface area contributed by atoms with Crippen LogP contribution in [0.1, 0.15) is 56.3 Å². The third-order valence-corrected chi connectivity index (χ3v) is 5.77.